The summed E-state index contributed by atoms with van der Waals surface area (Å²) in [7, 11) is 0. The maximum absolute atomic E-state index is 9.12. The van der Waals surface area contributed by atoms with Gasteiger partial charge in [0.15, 0.2) is 0 Å². The van der Waals surface area contributed by atoms with Crippen LogP contribution in [0.3, 0.4) is 0 Å². The van der Waals surface area contributed by atoms with Crippen molar-refractivity contribution in [2.75, 3.05) is 0 Å². The zero-order valence-electron chi connectivity index (χ0n) is 7.06. The molecule has 1 aromatic carbocycles. The molecule has 1 radical (unpaired) electrons. The van der Waals surface area contributed by atoms with Crippen molar-refractivity contribution in [2.45, 2.75) is 6.92 Å². The maximum atomic E-state index is 9.12. The fraction of sp³-hybridized carbons (Fsp3) is 0.125. The second-order valence-corrected chi connectivity index (χ2v) is 2.29. The average Bonchev–Trinajstić information content (AvgIpc) is 1.85. The van der Waals surface area contributed by atoms with E-state index in [1.165, 1.54) is 25.1 Å². The first-order valence-corrected chi connectivity index (χ1v) is 3.16. The van der Waals surface area contributed by atoms with Crippen LogP contribution in [-0.2, 0) is 53.8 Å². The molecule has 0 aromatic heterocycles. The first-order chi connectivity index (χ1) is 5.11. The van der Waals surface area contributed by atoms with Crippen molar-refractivity contribution in [1.82, 2.24) is 0 Å². The number of aromatic hydroxyl groups is 2. The van der Waals surface area contributed by atoms with Gasteiger partial charge < -0.3 is 15.3 Å². The van der Waals surface area contributed by atoms with Crippen LogP contribution in [0.15, 0.2) is 18.2 Å². The van der Waals surface area contributed by atoms with Gasteiger partial charge >= 0.3 is 0 Å². The Morgan fingerprint density at radius 1 is 1.23 bits per heavy atom. The van der Waals surface area contributed by atoms with E-state index in [9.17, 15) is 0 Å². The number of phenols is 2. The van der Waals surface area contributed by atoms with E-state index >= 15 is 0 Å². The molecule has 0 amide bonds. The topological polar surface area (TPSA) is 60.7 Å². The first-order valence-electron chi connectivity index (χ1n) is 3.16. The van der Waals surface area contributed by atoms with Crippen LogP contribution >= 0.6 is 0 Å². The van der Waals surface area contributed by atoms with Gasteiger partial charge in [-0.3, -0.25) is 0 Å². The Bertz CT molecular complexity index is 266. The second kappa shape index (κ2) is 6.83. The minimum Gasteiger partial charge on any atom is -0.565 e. The van der Waals surface area contributed by atoms with Gasteiger partial charge in [-0.25, -0.2) is 0 Å². The van der Waals surface area contributed by atoms with Crippen molar-refractivity contribution in [3.8, 4) is 11.5 Å². The van der Waals surface area contributed by atoms with Gasteiger partial charge in [-0.05, 0) is 6.07 Å². The van der Waals surface area contributed by atoms with Crippen LogP contribution < -0.4 is 0 Å². The van der Waals surface area contributed by atoms with Gasteiger partial charge in [0.2, 0.25) is 0 Å². The van der Waals surface area contributed by atoms with E-state index in [1.807, 2.05) is 0 Å². The summed E-state index contributed by atoms with van der Waals surface area (Å²) in [5.41, 5.74) is 0.336. The molecular formula is C8H9O3WY-. The number of benzene rings is 1. The van der Waals surface area contributed by atoms with Crippen LogP contribution in [0.5, 0.6) is 11.5 Å². The van der Waals surface area contributed by atoms with Crippen molar-refractivity contribution in [1.29, 1.82) is 0 Å². The molecule has 5 heteroatoms. The SMILES string of the molecule is C[C-](O)c1ccc(O)cc1O.[W].[Y]. The van der Waals surface area contributed by atoms with Crippen LogP contribution in [0.25, 0.3) is 0 Å². The van der Waals surface area contributed by atoms with Crippen molar-refractivity contribution in [3.05, 3.63) is 29.9 Å². The number of hydrogen-bond acceptors (Lipinski definition) is 3. The molecule has 0 aliphatic carbocycles. The summed E-state index contributed by atoms with van der Waals surface area (Å²) in [6.45, 7) is 1.46. The molecule has 0 saturated heterocycles. The van der Waals surface area contributed by atoms with Gasteiger partial charge in [0.05, 0.1) is 5.75 Å². The molecule has 69 valence electrons. The van der Waals surface area contributed by atoms with Gasteiger partial charge in [-0.15, -0.1) is 5.56 Å². The summed E-state index contributed by atoms with van der Waals surface area (Å²) >= 11 is 0. The Morgan fingerprint density at radius 3 is 2.15 bits per heavy atom. The van der Waals surface area contributed by atoms with E-state index in [2.05, 4.69) is 0 Å². The summed E-state index contributed by atoms with van der Waals surface area (Å²) in [4.78, 5) is 0. The normalized spacial score (nSPS) is 8.15. The van der Waals surface area contributed by atoms with Crippen LogP contribution in [0.1, 0.15) is 12.5 Å². The van der Waals surface area contributed by atoms with E-state index in [1.54, 1.807) is 0 Å². The van der Waals surface area contributed by atoms with Crippen LogP contribution in [0.4, 0.5) is 0 Å². The molecular weight excluding hydrogens is 417 g/mol. The molecule has 3 nitrogen and oxygen atoms in total. The molecule has 1 rings (SSSR count). The average molecular weight is 426 g/mol. The molecule has 0 unspecified atom stereocenters. The summed E-state index contributed by atoms with van der Waals surface area (Å²) in [5.74, 6) is -0.141. The Hall–Kier alpha value is 0.442. The van der Waals surface area contributed by atoms with Gasteiger partial charge in [-0.2, -0.15) is 6.07 Å². The van der Waals surface area contributed by atoms with E-state index in [4.69, 9.17) is 15.3 Å². The standard InChI is InChI=1S/C8H9O3.W.Y/c1-5(9)7-3-2-6(10)4-8(7)11;;/h2-4,9-11H,1H3;;/q-1;;. The first kappa shape index (κ1) is 15.9. The molecule has 0 atom stereocenters. The minimum absolute atomic E-state index is 0. The zero-order valence-corrected chi connectivity index (χ0v) is 12.8. The largest absolute Gasteiger partial charge is 0.565 e. The van der Waals surface area contributed by atoms with Crippen LogP contribution in [0, 0.1) is 6.10 Å². The van der Waals surface area contributed by atoms with Gasteiger partial charge in [-0.1, -0.05) is 19.1 Å². The number of aliphatic hydroxyl groups is 1. The monoisotopic (exact) mass is 426 g/mol. The van der Waals surface area contributed by atoms with Crippen molar-refractivity contribution < 1.29 is 69.1 Å². The Morgan fingerprint density at radius 2 is 1.77 bits per heavy atom. The molecule has 0 aliphatic rings. The van der Waals surface area contributed by atoms with Gasteiger partial charge in [0, 0.05) is 59.5 Å². The molecule has 0 heterocycles. The maximum Gasteiger partial charge on any atom is 0.0945 e. The third-order valence-corrected chi connectivity index (χ3v) is 1.37. The molecule has 0 bridgehead atoms. The quantitative estimate of drug-likeness (QED) is 0.595. The second-order valence-electron chi connectivity index (χ2n) is 2.29. The summed E-state index contributed by atoms with van der Waals surface area (Å²) < 4.78 is 0. The molecule has 0 spiro atoms. The summed E-state index contributed by atoms with van der Waals surface area (Å²) in [5, 5.41) is 27.0. The third kappa shape index (κ3) is 4.46. The molecule has 1 aromatic rings. The van der Waals surface area contributed by atoms with Crippen LogP contribution in [-0.4, -0.2) is 15.3 Å². The number of rotatable bonds is 1. The summed E-state index contributed by atoms with van der Waals surface area (Å²) in [6.07, 6.45) is 0.0301. The van der Waals surface area contributed by atoms with E-state index in [0.717, 1.165) is 0 Å². The summed E-state index contributed by atoms with van der Waals surface area (Å²) in [6, 6.07) is 4.02. The number of hydrogen-bond donors (Lipinski definition) is 3. The van der Waals surface area contributed by atoms with Crippen molar-refractivity contribution in [3.63, 3.8) is 0 Å². The van der Waals surface area contributed by atoms with E-state index < -0.39 is 0 Å². The van der Waals surface area contributed by atoms with Gasteiger partial charge in [0.1, 0.15) is 0 Å². The van der Waals surface area contributed by atoms with Gasteiger partial charge in [0.25, 0.3) is 0 Å². The Kier molecular flexibility index (Phi) is 8.35. The molecule has 0 aliphatic heterocycles. The van der Waals surface area contributed by atoms with Crippen LogP contribution in [0.2, 0.25) is 0 Å². The zero-order chi connectivity index (χ0) is 8.43. The Balaban J connectivity index is 0. The number of phenolic OH excluding ortho intramolecular Hbond substituents is 2. The van der Waals surface area contributed by atoms with Crippen molar-refractivity contribution >= 4 is 0 Å². The van der Waals surface area contributed by atoms with E-state index in [0.29, 0.717) is 5.56 Å². The predicted molar refractivity (Wildman–Crippen MR) is 39.7 cm³/mol. The molecule has 0 saturated carbocycles. The fourth-order valence-electron chi connectivity index (χ4n) is 0.826. The predicted octanol–water partition coefficient (Wildman–Crippen LogP) is 1.37. The fourth-order valence-corrected chi connectivity index (χ4v) is 0.826. The number of aliphatic hydroxyl groups excluding tert-OH is 1. The van der Waals surface area contributed by atoms with Crippen molar-refractivity contribution in [2.24, 2.45) is 0 Å². The smallest absolute Gasteiger partial charge is 0.0945 e. The molecule has 0 fully saturated rings. The Labute approximate surface area is 116 Å². The third-order valence-electron chi connectivity index (χ3n) is 1.37. The minimum atomic E-state index is -0.120. The van der Waals surface area contributed by atoms with E-state index in [-0.39, 0.29) is 71.4 Å². The molecule has 3 N–H and O–H groups in total. The molecule has 13 heavy (non-hydrogen) atoms.